The van der Waals surface area contributed by atoms with Crippen LogP contribution in [0.25, 0.3) is 0 Å². The molecule has 24 heavy (non-hydrogen) atoms. The zero-order valence-electron chi connectivity index (χ0n) is 14.6. The van der Waals surface area contributed by atoms with E-state index < -0.39 is 0 Å². The molecule has 0 saturated carbocycles. The highest BCUT2D eigenvalue weighted by atomic mass is 16.3. The zero-order valence-corrected chi connectivity index (χ0v) is 14.6. The second-order valence-electron chi connectivity index (χ2n) is 5.97. The molecule has 6 nitrogen and oxygen atoms in total. The fourth-order valence-electron chi connectivity index (χ4n) is 2.51. The molecule has 6 heteroatoms. The van der Waals surface area contributed by atoms with E-state index in [9.17, 15) is 9.59 Å². The number of urea groups is 1. The van der Waals surface area contributed by atoms with Crippen LogP contribution in [-0.2, 0) is 0 Å². The predicted molar refractivity (Wildman–Crippen MR) is 93.2 cm³/mol. The number of rotatable bonds is 4. The average molecular weight is 329 g/mol. The lowest BCUT2D eigenvalue weighted by atomic mass is 10.1. The molecule has 3 amide bonds. The molecule has 0 saturated heterocycles. The lowest BCUT2D eigenvalue weighted by molar-refractivity contribution is 0.0827. The van der Waals surface area contributed by atoms with Crippen molar-refractivity contribution in [2.24, 2.45) is 0 Å². The molecule has 1 aromatic heterocycles. The third-order valence-corrected chi connectivity index (χ3v) is 3.67. The van der Waals surface area contributed by atoms with Crippen LogP contribution in [0.2, 0.25) is 0 Å². The predicted octanol–water partition coefficient (Wildman–Crippen LogP) is 3.48. The van der Waals surface area contributed by atoms with Crippen molar-refractivity contribution in [3.63, 3.8) is 0 Å². The number of carbonyl (C=O) groups excluding carboxylic acids is 2. The van der Waals surface area contributed by atoms with Gasteiger partial charge in [-0.25, -0.2) is 4.79 Å². The lowest BCUT2D eigenvalue weighted by Gasteiger charge is -2.15. The first-order valence-electron chi connectivity index (χ1n) is 7.74. The number of benzene rings is 1. The van der Waals surface area contributed by atoms with Crippen molar-refractivity contribution in [3.05, 3.63) is 53.0 Å². The molecular weight excluding hydrogens is 306 g/mol. The van der Waals surface area contributed by atoms with E-state index in [4.69, 9.17) is 4.42 Å². The number of anilines is 1. The van der Waals surface area contributed by atoms with Gasteiger partial charge in [0.1, 0.15) is 11.5 Å². The van der Waals surface area contributed by atoms with Crippen LogP contribution in [0.3, 0.4) is 0 Å². The molecule has 0 aliphatic rings. The van der Waals surface area contributed by atoms with Gasteiger partial charge in [0.05, 0.1) is 6.04 Å². The Kier molecular flexibility index (Phi) is 5.28. The standard InChI is InChI=1S/C18H23N3O3/c1-11-9-16(13(3)24-11)12(2)19-18(23)20-15-8-6-7-14(10-15)17(22)21(4)5/h6-10,12H,1-5H3,(H2,19,20,23)/t12-/m1/s1. The maximum atomic E-state index is 12.2. The van der Waals surface area contributed by atoms with Gasteiger partial charge in [0.15, 0.2) is 0 Å². The summed E-state index contributed by atoms with van der Waals surface area (Å²) in [5.41, 5.74) is 2.03. The lowest BCUT2D eigenvalue weighted by Crippen LogP contribution is -2.31. The Morgan fingerprint density at radius 2 is 1.88 bits per heavy atom. The Hall–Kier alpha value is -2.76. The van der Waals surface area contributed by atoms with Crippen LogP contribution in [0, 0.1) is 13.8 Å². The fourth-order valence-corrected chi connectivity index (χ4v) is 2.51. The summed E-state index contributed by atoms with van der Waals surface area (Å²) in [5.74, 6) is 1.49. The smallest absolute Gasteiger partial charge is 0.319 e. The van der Waals surface area contributed by atoms with E-state index in [2.05, 4.69) is 10.6 Å². The van der Waals surface area contributed by atoms with E-state index in [1.165, 1.54) is 4.90 Å². The molecule has 2 N–H and O–H groups in total. The minimum absolute atomic E-state index is 0.114. The molecular formula is C18H23N3O3. The number of nitrogens with one attached hydrogen (secondary N) is 2. The zero-order chi connectivity index (χ0) is 17.9. The topological polar surface area (TPSA) is 74.6 Å². The van der Waals surface area contributed by atoms with Gasteiger partial charge in [-0.1, -0.05) is 6.07 Å². The van der Waals surface area contributed by atoms with Gasteiger partial charge < -0.3 is 20.0 Å². The van der Waals surface area contributed by atoms with Crippen molar-refractivity contribution in [1.29, 1.82) is 0 Å². The number of nitrogens with zero attached hydrogens (tertiary/aromatic N) is 1. The Labute approximate surface area is 141 Å². The summed E-state index contributed by atoms with van der Waals surface area (Å²) in [6.45, 7) is 5.63. The highest BCUT2D eigenvalue weighted by Crippen LogP contribution is 2.21. The molecule has 2 rings (SSSR count). The summed E-state index contributed by atoms with van der Waals surface area (Å²) in [6.07, 6.45) is 0. The van der Waals surface area contributed by atoms with Crippen LogP contribution in [0.4, 0.5) is 10.5 Å². The Morgan fingerprint density at radius 3 is 2.46 bits per heavy atom. The number of hydrogen-bond donors (Lipinski definition) is 2. The van der Waals surface area contributed by atoms with Crippen molar-refractivity contribution in [3.8, 4) is 0 Å². The largest absolute Gasteiger partial charge is 0.466 e. The molecule has 1 heterocycles. The molecule has 1 atom stereocenters. The Bertz CT molecular complexity index is 750. The third kappa shape index (κ3) is 4.16. The van der Waals surface area contributed by atoms with E-state index in [0.29, 0.717) is 11.3 Å². The van der Waals surface area contributed by atoms with Gasteiger partial charge in [-0.05, 0) is 45.0 Å². The van der Waals surface area contributed by atoms with Crippen LogP contribution in [0.5, 0.6) is 0 Å². The van der Waals surface area contributed by atoms with Crippen molar-refractivity contribution in [2.75, 3.05) is 19.4 Å². The summed E-state index contributed by atoms with van der Waals surface area (Å²) >= 11 is 0. The van der Waals surface area contributed by atoms with Crippen LogP contribution < -0.4 is 10.6 Å². The van der Waals surface area contributed by atoms with Gasteiger partial charge >= 0.3 is 6.03 Å². The number of amides is 3. The first-order chi connectivity index (χ1) is 11.3. The van der Waals surface area contributed by atoms with E-state index in [1.807, 2.05) is 26.8 Å². The second-order valence-corrected chi connectivity index (χ2v) is 5.97. The van der Waals surface area contributed by atoms with Gasteiger partial charge in [0.25, 0.3) is 5.91 Å². The van der Waals surface area contributed by atoms with E-state index in [0.717, 1.165) is 17.1 Å². The molecule has 128 valence electrons. The molecule has 0 spiro atoms. The monoisotopic (exact) mass is 329 g/mol. The maximum absolute atomic E-state index is 12.2. The number of hydrogen-bond acceptors (Lipinski definition) is 3. The summed E-state index contributed by atoms with van der Waals surface area (Å²) in [4.78, 5) is 25.6. The number of aryl methyl sites for hydroxylation is 2. The summed E-state index contributed by atoms with van der Waals surface area (Å²) < 4.78 is 5.49. The van der Waals surface area contributed by atoms with E-state index in [-0.39, 0.29) is 18.0 Å². The van der Waals surface area contributed by atoms with Crippen molar-refractivity contribution < 1.29 is 14.0 Å². The first kappa shape index (κ1) is 17.6. The van der Waals surface area contributed by atoms with Gasteiger partial charge in [0, 0.05) is 30.9 Å². The van der Waals surface area contributed by atoms with Crippen molar-refractivity contribution in [2.45, 2.75) is 26.8 Å². The normalized spacial score (nSPS) is 11.7. The van der Waals surface area contributed by atoms with E-state index >= 15 is 0 Å². The van der Waals surface area contributed by atoms with Crippen LogP contribution in [0.15, 0.2) is 34.7 Å². The minimum Gasteiger partial charge on any atom is -0.466 e. The van der Waals surface area contributed by atoms with Crippen LogP contribution in [0.1, 0.15) is 40.4 Å². The Morgan fingerprint density at radius 1 is 1.17 bits per heavy atom. The molecule has 1 aromatic carbocycles. The molecule has 0 aliphatic heterocycles. The maximum Gasteiger partial charge on any atom is 0.319 e. The van der Waals surface area contributed by atoms with Gasteiger partial charge in [-0.15, -0.1) is 0 Å². The molecule has 0 fully saturated rings. The molecule has 0 bridgehead atoms. The molecule has 0 aliphatic carbocycles. The van der Waals surface area contributed by atoms with Gasteiger partial charge in [0.2, 0.25) is 0 Å². The molecule has 0 radical (unpaired) electrons. The highest BCUT2D eigenvalue weighted by molar-refractivity contribution is 5.96. The summed E-state index contributed by atoms with van der Waals surface area (Å²) in [7, 11) is 3.37. The van der Waals surface area contributed by atoms with Crippen molar-refractivity contribution >= 4 is 17.6 Å². The Balaban J connectivity index is 2.03. The average Bonchev–Trinajstić information content (AvgIpc) is 2.85. The highest BCUT2D eigenvalue weighted by Gasteiger charge is 2.15. The van der Waals surface area contributed by atoms with Crippen LogP contribution >= 0.6 is 0 Å². The number of carbonyl (C=O) groups is 2. The third-order valence-electron chi connectivity index (χ3n) is 3.67. The minimum atomic E-state index is -0.338. The fraction of sp³-hybridized carbons (Fsp3) is 0.333. The quantitative estimate of drug-likeness (QED) is 0.902. The molecule has 2 aromatic rings. The van der Waals surface area contributed by atoms with Gasteiger partial charge in [-0.2, -0.15) is 0 Å². The summed E-state index contributed by atoms with van der Waals surface area (Å²) in [5, 5.41) is 5.62. The first-order valence-corrected chi connectivity index (χ1v) is 7.74. The van der Waals surface area contributed by atoms with Gasteiger partial charge in [-0.3, -0.25) is 4.79 Å². The van der Waals surface area contributed by atoms with E-state index in [1.54, 1.807) is 38.4 Å². The van der Waals surface area contributed by atoms with Crippen molar-refractivity contribution in [1.82, 2.24) is 10.2 Å². The SMILES string of the molecule is Cc1cc([C@@H](C)NC(=O)Nc2cccc(C(=O)N(C)C)c2)c(C)o1. The van der Waals surface area contributed by atoms with Crippen LogP contribution in [-0.4, -0.2) is 30.9 Å². The summed E-state index contributed by atoms with van der Waals surface area (Å²) in [6, 6.07) is 8.23. The second kappa shape index (κ2) is 7.21. The molecule has 0 unspecified atom stereocenters. The number of furan rings is 1.